The van der Waals surface area contributed by atoms with Gasteiger partial charge in [0.1, 0.15) is 0 Å². The molecule has 0 spiro atoms. The van der Waals surface area contributed by atoms with E-state index in [1.54, 1.807) is 24.3 Å². The topological polar surface area (TPSA) is 64.6 Å². The summed E-state index contributed by atoms with van der Waals surface area (Å²) in [4.78, 5) is 0.0994. The molecule has 0 atom stereocenters. The van der Waals surface area contributed by atoms with Crippen LogP contribution in [0.4, 0.5) is 0 Å². The minimum atomic E-state index is -3.66. The van der Waals surface area contributed by atoms with Crippen molar-refractivity contribution < 1.29 is 17.9 Å². The first-order valence-corrected chi connectivity index (χ1v) is 9.27. The molecule has 0 fully saturated rings. The standard InChI is InChI=1S/C16H17Cl2NO4S/c1-22-15-6-5-13(10-16(15)23-2)24(20,21)19-8-7-11-3-4-12(17)9-14(11)18/h3-6,9-10,19H,7-8H2,1-2H3. The maximum absolute atomic E-state index is 12.4. The molecule has 2 aromatic carbocycles. The lowest BCUT2D eigenvalue weighted by atomic mass is 10.1. The number of sulfonamides is 1. The fourth-order valence-corrected chi connectivity index (χ4v) is 3.66. The molecule has 0 amide bonds. The lowest BCUT2D eigenvalue weighted by molar-refractivity contribution is 0.354. The summed E-state index contributed by atoms with van der Waals surface area (Å²) in [6.07, 6.45) is 0.447. The Hall–Kier alpha value is -1.47. The van der Waals surface area contributed by atoms with E-state index in [0.29, 0.717) is 28.0 Å². The van der Waals surface area contributed by atoms with Crippen LogP contribution < -0.4 is 14.2 Å². The minimum absolute atomic E-state index is 0.0994. The van der Waals surface area contributed by atoms with Gasteiger partial charge in [-0.15, -0.1) is 0 Å². The molecule has 0 unspecified atom stereocenters. The van der Waals surface area contributed by atoms with Gasteiger partial charge in [-0.3, -0.25) is 0 Å². The van der Waals surface area contributed by atoms with Gasteiger partial charge in [0.15, 0.2) is 11.5 Å². The van der Waals surface area contributed by atoms with E-state index in [9.17, 15) is 8.42 Å². The van der Waals surface area contributed by atoms with Gasteiger partial charge in [-0.25, -0.2) is 13.1 Å². The number of nitrogens with one attached hydrogen (secondary N) is 1. The Balaban J connectivity index is 2.08. The Bertz CT molecular complexity index is 825. The zero-order valence-corrected chi connectivity index (χ0v) is 15.5. The molecule has 0 radical (unpaired) electrons. The largest absolute Gasteiger partial charge is 0.493 e. The van der Waals surface area contributed by atoms with E-state index in [-0.39, 0.29) is 11.4 Å². The summed E-state index contributed by atoms with van der Waals surface area (Å²) in [6.45, 7) is 0.206. The second-order valence-corrected chi connectivity index (χ2v) is 7.51. The zero-order chi connectivity index (χ0) is 17.7. The summed E-state index contributed by atoms with van der Waals surface area (Å²) in [6, 6.07) is 9.53. The Kier molecular flexibility index (Phi) is 6.34. The van der Waals surface area contributed by atoms with Gasteiger partial charge in [0.2, 0.25) is 10.0 Å². The van der Waals surface area contributed by atoms with E-state index in [4.69, 9.17) is 32.7 Å². The smallest absolute Gasteiger partial charge is 0.240 e. The Morgan fingerprint density at radius 2 is 1.71 bits per heavy atom. The first-order chi connectivity index (χ1) is 11.4. The van der Waals surface area contributed by atoms with Gasteiger partial charge in [-0.2, -0.15) is 0 Å². The third-order valence-corrected chi connectivity index (χ3v) is 5.41. The van der Waals surface area contributed by atoms with Crippen LogP contribution in [-0.2, 0) is 16.4 Å². The second kappa shape index (κ2) is 8.07. The maximum atomic E-state index is 12.4. The molecule has 0 aliphatic rings. The van der Waals surface area contributed by atoms with Crippen molar-refractivity contribution in [2.75, 3.05) is 20.8 Å². The van der Waals surface area contributed by atoms with Gasteiger partial charge in [-0.05, 0) is 36.2 Å². The predicted molar refractivity (Wildman–Crippen MR) is 94.9 cm³/mol. The van der Waals surface area contributed by atoms with Crippen LogP contribution in [0.15, 0.2) is 41.3 Å². The van der Waals surface area contributed by atoms with Crippen LogP contribution in [0.2, 0.25) is 10.0 Å². The van der Waals surface area contributed by atoms with Gasteiger partial charge in [0, 0.05) is 22.7 Å². The summed E-state index contributed by atoms with van der Waals surface area (Å²) < 4.78 is 37.5. The maximum Gasteiger partial charge on any atom is 0.240 e. The number of methoxy groups -OCH3 is 2. The van der Waals surface area contributed by atoms with Gasteiger partial charge in [0.25, 0.3) is 0 Å². The van der Waals surface area contributed by atoms with Crippen molar-refractivity contribution in [3.63, 3.8) is 0 Å². The molecule has 24 heavy (non-hydrogen) atoms. The molecule has 130 valence electrons. The average molecular weight is 390 g/mol. The molecule has 0 aromatic heterocycles. The van der Waals surface area contributed by atoms with Crippen LogP contribution in [0.5, 0.6) is 11.5 Å². The molecule has 1 N–H and O–H groups in total. The Morgan fingerprint density at radius 1 is 1.00 bits per heavy atom. The summed E-state index contributed by atoms with van der Waals surface area (Å²) >= 11 is 11.9. The zero-order valence-electron chi connectivity index (χ0n) is 13.2. The average Bonchev–Trinajstić information content (AvgIpc) is 2.56. The molecule has 0 aliphatic carbocycles. The van der Waals surface area contributed by atoms with Crippen molar-refractivity contribution >= 4 is 33.2 Å². The van der Waals surface area contributed by atoms with Crippen molar-refractivity contribution in [3.05, 3.63) is 52.0 Å². The number of ether oxygens (including phenoxy) is 2. The molecule has 0 bridgehead atoms. The fourth-order valence-electron chi connectivity index (χ4n) is 2.11. The van der Waals surface area contributed by atoms with Crippen molar-refractivity contribution in [3.8, 4) is 11.5 Å². The lowest BCUT2D eigenvalue weighted by Gasteiger charge is -2.11. The van der Waals surface area contributed by atoms with Crippen molar-refractivity contribution in [1.82, 2.24) is 4.72 Å². The third-order valence-electron chi connectivity index (χ3n) is 3.37. The Morgan fingerprint density at radius 3 is 2.33 bits per heavy atom. The van der Waals surface area contributed by atoms with E-state index < -0.39 is 10.0 Å². The molecular weight excluding hydrogens is 373 g/mol. The Labute approximate surface area is 151 Å². The molecule has 0 saturated heterocycles. The first kappa shape index (κ1) is 18.9. The van der Waals surface area contributed by atoms with Crippen LogP contribution in [0.1, 0.15) is 5.56 Å². The number of rotatable bonds is 7. The van der Waals surface area contributed by atoms with Crippen LogP contribution in [0.25, 0.3) is 0 Å². The molecule has 2 rings (SSSR count). The first-order valence-electron chi connectivity index (χ1n) is 7.03. The highest BCUT2D eigenvalue weighted by Gasteiger charge is 2.16. The van der Waals surface area contributed by atoms with Gasteiger partial charge < -0.3 is 9.47 Å². The van der Waals surface area contributed by atoms with Crippen LogP contribution in [-0.4, -0.2) is 29.2 Å². The molecule has 0 saturated carbocycles. The van der Waals surface area contributed by atoms with Crippen molar-refractivity contribution in [1.29, 1.82) is 0 Å². The van der Waals surface area contributed by atoms with E-state index >= 15 is 0 Å². The number of benzene rings is 2. The minimum Gasteiger partial charge on any atom is -0.493 e. The highest BCUT2D eigenvalue weighted by molar-refractivity contribution is 7.89. The lowest BCUT2D eigenvalue weighted by Crippen LogP contribution is -2.26. The molecule has 0 aliphatic heterocycles. The highest BCUT2D eigenvalue weighted by Crippen LogP contribution is 2.29. The highest BCUT2D eigenvalue weighted by atomic mass is 35.5. The summed E-state index contributed by atoms with van der Waals surface area (Å²) in [5, 5.41) is 1.04. The van der Waals surface area contributed by atoms with E-state index in [0.717, 1.165) is 5.56 Å². The third kappa shape index (κ3) is 4.54. The number of hydrogen-bond acceptors (Lipinski definition) is 4. The second-order valence-electron chi connectivity index (χ2n) is 4.90. The summed E-state index contributed by atoms with van der Waals surface area (Å²) in [7, 11) is -0.729. The quantitative estimate of drug-likeness (QED) is 0.786. The van der Waals surface area contributed by atoms with Crippen LogP contribution in [0.3, 0.4) is 0 Å². The molecule has 8 heteroatoms. The van der Waals surface area contributed by atoms with Crippen molar-refractivity contribution in [2.45, 2.75) is 11.3 Å². The fraction of sp³-hybridized carbons (Fsp3) is 0.250. The molecule has 5 nitrogen and oxygen atoms in total. The SMILES string of the molecule is COc1ccc(S(=O)(=O)NCCc2ccc(Cl)cc2Cl)cc1OC. The number of hydrogen-bond donors (Lipinski definition) is 1. The molecule has 2 aromatic rings. The van der Waals surface area contributed by atoms with Gasteiger partial charge in [-0.1, -0.05) is 29.3 Å². The van der Waals surface area contributed by atoms with E-state index in [1.807, 2.05) is 0 Å². The van der Waals surface area contributed by atoms with Gasteiger partial charge >= 0.3 is 0 Å². The molecular formula is C16H17Cl2NO4S. The van der Waals surface area contributed by atoms with E-state index in [2.05, 4.69) is 4.72 Å². The summed E-state index contributed by atoms with van der Waals surface area (Å²) in [5.74, 6) is 0.811. The number of halogens is 2. The van der Waals surface area contributed by atoms with Crippen LogP contribution >= 0.6 is 23.2 Å². The normalized spacial score (nSPS) is 11.3. The monoisotopic (exact) mass is 389 g/mol. The molecule has 0 heterocycles. The summed E-state index contributed by atoms with van der Waals surface area (Å²) in [5.41, 5.74) is 0.816. The van der Waals surface area contributed by atoms with Gasteiger partial charge in [0.05, 0.1) is 19.1 Å². The van der Waals surface area contributed by atoms with Crippen molar-refractivity contribution in [2.24, 2.45) is 0 Å². The predicted octanol–water partition coefficient (Wildman–Crippen LogP) is 3.53. The van der Waals surface area contributed by atoms with E-state index in [1.165, 1.54) is 26.4 Å². The van der Waals surface area contributed by atoms with Crippen LogP contribution in [0, 0.1) is 0 Å².